The van der Waals surface area contributed by atoms with Gasteiger partial charge >= 0.3 is 0 Å². The molecule has 0 N–H and O–H groups in total. The van der Waals surface area contributed by atoms with Gasteiger partial charge in [0.05, 0.1) is 6.61 Å². The monoisotopic (exact) mass is 362 g/mol. The minimum absolute atomic E-state index is 0.201. The average Bonchev–Trinajstić information content (AvgIpc) is 2.30. The van der Waals surface area contributed by atoms with E-state index in [-0.39, 0.29) is 5.41 Å². The van der Waals surface area contributed by atoms with Gasteiger partial charge in [-0.2, -0.15) is 0 Å². The average molecular weight is 364 g/mol. The topological polar surface area (TPSA) is 9.23 Å². The normalized spacial score (nSPS) is 13.5. The third kappa shape index (κ3) is 3.72. The van der Waals surface area contributed by atoms with Crippen molar-refractivity contribution in [2.24, 2.45) is 5.41 Å². The van der Waals surface area contributed by atoms with Crippen LogP contribution in [0, 0.1) is 5.41 Å². The fraction of sp³-hybridized carbons (Fsp3) is 0.571. The third-order valence-electron chi connectivity index (χ3n) is 3.14. The summed E-state index contributed by atoms with van der Waals surface area (Å²) in [5.74, 6) is 0.971. The molecule has 1 aromatic rings. The van der Waals surface area contributed by atoms with E-state index in [1.54, 1.807) is 0 Å². The molecule has 17 heavy (non-hydrogen) atoms. The van der Waals surface area contributed by atoms with Gasteiger partial charge in [0.2, 0.25) is 0 Å². The highest BCUT2D eigenvalue weighted by atomic mass is 79.9. The Morgan fingerprint density at radius 2 is 1.94 bits per heavy atom. The molecule has 0 fully saturated rings. The van der Waals surface area contributed by atoms with Gasteiger partial charge in [0.1, 0.15) is 5.75 Å². The van der Waals surface area contributed by atoms with E-state index in [2.05, 4.69) is 58.7 Å². The first-order valence-corrected chi connectivity index (χ1v) is 7.69. The minimum atomic E-state index is 0.201. The molecule has 0 aliphatic carbocycles. The standard InChI is InChI=1S/C14H20Br2O/c1-5-14(3,4)13(16)11-9-10(15)7-8-12(11)17-6-2/h7-9,13H,5-6H2,1-4H3. The van der Waals surface area contributed by atoms with E-state index in [4.69, 9.17) is 4.74 Å². The second kappa shape index (κ2) is 6.24. The van der Waals surface area contributed by atoms with Crippen molar-refractivity contribution >= 4 is 31.9 Å². The maximum atomic E-state index is 5.70. The largest absolute Gasteiger partial charge is 0.494 e. The summed E-state index contributed by atoms with van der Waals surface area (Å²) >= 11 is 7.35. The lowest BCUT2D eigenvalue weighted by atomic mass is 9.83. The van der Waals surface area contributed by atoms with Gasteiger partial charge in [-0.1, -0.05) is 52.6 Å². The van der Waals surface area contributed by atoms with Crippen molar-refractivity contribution in [2.45, 2.75) is 38.9 Å². The van der Waals surface area contributed by atoms with Gasteiger partial charge in [0, 0.05) is 14.9 Å². The molecule has 0 radical (unpaired) electrons. The van der Waals surface area contributed by atoms with Crippen molar-refractivity contribution in [3.8, 4) is 5.75 Å². The van der Waals surface area contributed by atoms with Crippen molar-refractivity contribution in [1.82, 2.24) is 0 Å². The predicted molar refractivity (Wildman–Crippen MR) is 81.1 cm³/mol. The highest BCUT2D eigenvalue weighted by molar-refractivity contribution is 9.10. The number of alkyl halides is 1. The number of hydrogen-bond acceptors (Lipinski definition) is 1. The number of hydrogen-bond donors (Lipinski definition) is 0. The number of ether oxygens (including phenoxy) is 1. The lowest BCUT2D eigenvalue weighted by Crippen LogP contribution is -2.17. The zero-order chi connectivity index (χ0) is 13.1. The Labute approximate surface area is 121 Å². The van der Waals surface area contributed by atoms with Gasteiger partial charge < -0.3 is 4.74 Å². The molecule has 1 unspecified atom stereocenters. The molecule has 0 amide bonds. The van der Waals surface area contributed by atoms with Crippen LogP contribution in [0.15, 0.2) is 22.7 Å². The fourth-order valence-corrected chi connectivity index (χ4v) is 2.66. The van der Waals surface area contributed by atoms with Crippen LogP contribution in [0.4, 0.5) is 0 Å². The molecule has 1 nitrogen and oxygen atoms in total. The smallest absolute Gasteiger partial charge is 0.123 e. The molecule has 0 aliphatic heterocycles. The van der Waals surface area contributed by atoms with Crippen LogP contribution < -0.4 is 4.74 Å². The molecule has 3 heteroatoms. The van der Waals surface area contributed by atoms with Crippen molar-refractivity contribution in [1.29, 1.82) is 0 Å². The predicted octanol–water partition coefficient (Wildman–Crippen LogP) is 5.72. The summed E-state index contributed by atoms with van der Waals surface area (Å²) in [4.78, 5) is 0.291. The summed E-state index contributed by atoms with van der Waals surface area (Å²) in [7, 11) is 0. The molecule has 1 atom stereocenters. The van der Waals surface area contributed by atoms with E-state index in [0.29, 0.717) is 11.4 Å². The molecule has 0 heterocycles. The Kier molecular flexibility index (Phi) is 5.52. The van der Waals surface area contributed by atoms with Crippen LogP contribution in [0.2, 0.25) is 0 Å². The summed E-state index contributed by atoms with van der Waals surface area (Å²) in [5, 5.41) is 0. The molecule has 0 saturated heterocycles. The lowest BCUT2D eigenvalue weighted by Gasteiger charge is -2.30. The molecule has 1 rings (SSSR count). The van der Waals surface area contributed by atoms with Gasteiger partial charge in [-0.25, -0.2) is 0 Å². The maximum Gasteiger partial charge on any atom is 0.123 e. The molecular formula is C14H20Br2O. The molecule has 0 spiro atoms. The summed E-state index contributed by atoms with van der Waals surface area (Å²) in [5.41, 5.74) is 1.42. The van der Waals surface area contributed by atoms with Crippen LogP contribution in [-0.4, -0.2) is 6.61 Å². The SMILES string of the molecule is CCOc1ccc(Br)cc1C(Br)C(C)(C)CC. The van der Waals surface area contributed by atoms with Crippen LogP contribution in [0.25, 0.3) is 0 Å². The number of halogens is 2. The van der Waals surface area contributed by atoms with Crippen LogP contribution >= 0.6 is 31.9 Å². The molecule has 0 saturated carbocycles. The van der Waals surface area contributed by atoms with Gasteiger partial charge in [-0.15, -0.1) is 0 Å². The molecule has 0 bridgehead atoms. The summed E-state index contributed by atoms with van der Waals surface area (Å²) in [6, 6.07) is 6.19. The fourth-order valence-electron chi connectivity index (χ4n) is 1.60. The highest BCUT2D eigenvalue weighted by Crippen LogP contribution is 2.46. The van der Waals surface area contributed by atoms with E-state index in [9.17, 15) is 0 Å². The van der Waals surface area contributed by atoms with Crippen molar-refractivity contribution < 1.29 is 4.74 Å². The summed E-state index contributed by atoms with van der Waals surface area (Å²) < 4.78 is 6.79. The van der Waals surface area contributed by atoms with Crippen LogP contribution in [0.3, 0.4) is 0 Å². The summed E-state index contributed by atoms with van der Waals surface area (Å²) in [6.45, 7) is 9.46. The van der Waals surface area contributed by atoms with Crippen LogP contribution in [-0.2, 0) is 0 Å². The first-order chi connectivity index (χ1) is 7.92. The molecule has 0 aliphatic rings. The Hall–Kier alpha value is -0.0200. The number of rotatable bonds is 5. The minimum Gasteiger partial charge on any atom is -0.494 e. The van der Waals surface area contributed by atoms with Crippen LogP contribution in [0.1, 0.15) is 44.5 Å². The van der Waals surface area contributed by atoms with Crippen molar-refractivity contribution in [3.63, 3.8) is 0 Å². The molecular weight excluding hydrogens is 344 g/mol. The lowest BCUT2D eigenvalue weighted by molar-refractivity contribution is 0.313. The van der Waals surface area contributed by atoms with Gasteiger partial charge in [0.15, 0.2) is 0 Å². The Morgan fingerprint density at radius 3 is 2.47 bits per heavy atom. The second-order valence-electron chi connectivity index (χ2n) is 4.82. The first kappa shape index (κ1) is 15.0. The maximum absolute atomic E-state index is 5.70. The van der Waals surface area contributed by atoms with Gasteiger partial charge in [0.25, 0.3) is 0 Å². The number of benzene rings is 1. The zero-order valence-electron chi connectivity index (χ0n) is 10.9. The van der Waals surface area contributed by atoms with E-state index >= 15 is 0 Å². The van der Waals surface area contributed by atoms with E-state index < -0.39 is 0 Å². The first-order valence-electron chi connectivity index (χ1n) is 5.98. The Bertz CT molecular complexity index is 374. The van der Waals surface area contributed by atoms with E-state index in [0.717, 1.165) is 16.6 Å². The molecule has 96 valence electrons. The zero-order valence-corrected chi connectivity index (χ0v) is 14.1. The van der Waals surface area contributed by atoms with Crippen molar-refractivity contribution in [2.75, 3.05) is 6.61 Å². The molecule has 0 aromatic heterocycles. The molecule has 1 aromatic carbocycles. The Morgan fingerprint density at radius 1 is 1.29 bits per heavy atom. The van der Waals surface area contributed by atoms with Crippen molar-refractivity contribution in [3.05, 3.63) is 28.2 Å². The van der Waals surface area contributed by atoms with Gasteiger partial charge in [-0.05, 0) is 37.0 Å². The third-order valence-corrected chi connectivity index (χ3v) is 5.37. The highest BCUT2D eigenvalue weighted by Gasteiger charge is 2.29. The van der Waals surface area contributed by atoms with Crippen LogP contribution in [0.5, 0.6) is 5.75 Å². The van der Waals surface area contributed by atoms with E-state index in [1.807, 2.05) is 19.1 Å². The van der Waals surface area contributed by atoms with E-state index in [1.165, 1.54) is 5.56 Å². The quantitative estimate of drug-likeness (QED) is 0.608. The van der Waals surface area contributed by atoms with Gasteiger partial charge in [-0.3, -0.25) is 0 Å². The second-order valence-corrected chi connectivity index (χ2v) is 6.65. The Balaban J connectivity index is 3.14. The summed E-state index contributed by atoms with van der Waals surface area (Å²) in [6.07, 6.45) is 1.11.